The van der Waals surface area contributed by atoms with Gasteiger partial charge in [-0.15, -0.1) is 0 Å². The maximum absolute atomic E-state index is 13.3. The van der Waals surface area contributed by atoms with Gasteiger partial charge in [0.1, 0.15) is 12.2 Å². The van der Waals surface area contributed by atoms with Gasteiger partial charge in [0, 0.05) is 18.9 Å². The van der Waals surface area contributed by atoms with Crippen LogP contribution in [0.1, 0.15) is 48.2 Å². The van der Waals surface area contributed by atoms with Crippen LogP contribution in [0.2, 0.25) is 0 Å². The van der Waals surface area contributed by atoms with E-state index >= 15 is 0 Å². The van der Waals surface area contributed by atoms with E-state index in [1.807, 2.05) is 0 Å². The monoisotopic (exact) mass is 476 g/mol. The number of hydrogen-bond donors (Lipinski definition) is 2. The largest absolute Gasteiger partial charge is 0.465 e. The Morgan fingerprint density at radius 3 is 2.51 bits per heavy atom. The van der Waals surface area contributed by atoms with Crippen molar-refractivity contribution in [3.63, 3.8) is 0 Å². The molecule has 1 fully saturated rings. The number of carbonyl (C=O) groups is 3. The van der Waals surface area contributed by atoms with Crippen LogP contribution < -0.4 is 16.2 Å². The van der Waals surface area contributed by atoms with Gasteiger partial charge >= 0.3 is 5.97 Å². The van der Waals surface area contributed by atoms with Gasteiger partial charge in [-0.3, -0.25) is 19.0 Å². The number of esters is 1. The quantitative estimate of drug-likeness (QED) is 0.483. The van der Waals surface area contributed by atoms with Crippen molar-refractivity contribution in [3.05, 3.63) is 70.1 Å². The van der Waals surface area contributed by atoms with Crippen LogP contribution in [0.3, 0.4) is 0 Å². The lowest BCUT2D eigenvalue weighted by Gasteiger charge is -2.14. The molecule has 4 rings (SSSR count). The zero-order valence-electron chi connectivity index (χ0n) is 19.6. The average molecular weight is 477 g/mol. The van der Waals surface area contributed by atoms with Crippen molar-refractivity contribution < 1.29 is 19.1 Å². The second kappa shape index (κ2) is 10.9. The molecule has 0 saturated heterocycles. The maximum atomic E-state index is 13.3. The van der Waals surface area contributed by atoms with E-state index in [-0.39, 0.29) is 42.6 Å². The van der Waals surface area contributed by atoms with Gasteiger partial charge in [-0.05, 0) is 37.1 Å². The third-order valence-corrected chi connectivity index (χ3v) is 6.14. The van der Waals surface area contributed by atoms with Crippen LogP contribution in [0, 0.1) is 0 Å². The van der Waals surface area contributed by atoms with E-state index in [2.05, 4.69) is 15.6 Å². The first-order chi connectivity index (χ1) is 17.0. The van der Waals surface area contributed by atoms with E-state index in [9.17, 15) is 19.2 Å². The number of methoxy groups -OCH3 is 1. The smallest absolute Gasteiger partial charge is 0.339 e. The van der Waals surface area contributed by atoms with Crippen LogP contribution in [0.5, 0.6) is 0 Å². The minimum Gasteiger partial charge on any atom is -0.465 e. The number of rotatable bonds is 8. The zero-order valence-corrected chi connectivity index (χ0v) is 19.6. The highest BCUT2D eigenvalue weighted by Gasteiger charge is 2.19. The number of hydrogen-bond acceptors (Lipinski definition) is 6. The number of aromatic nitrogens is 2. The van der Waals surface area contributed by atoms with E-state index in [4.69, 9.17) is 4.74 Å². The van der Waals surface area contributed by atoms with Crippen LogP contribution in [-0.2, 0) is 27.3 Å². The molecule has 1 saturated carbocycles. The van der Waals surface area contributed by atoms with Crippen molar-refractivity contribution in [2.24, 2.45) is 0 Å². The molecule has 2 N–H and O–H groups in total. The Kier molecular flexibility index (Phi) is 7.54. The fourth-order valence-electron chi connectivity index (χ4n) is 4.38. The Balaban J connectivity index is 1.55. The molecule has 2 amide bonds. The average Bonchev–Trinajstić information content (AvgIpc) is 3.37. The van der Waals surface area contributed by atoms with E-state index in [0.29, 0.717) is 16.7 Å². The summed E-state index contributed by atoms with van der Waals surface area (Å²) in [6, 6.07) is 13.7. The van der Waals surface area contributed by atoms with E-state index in [1.165, 1.54) is 11.7 Å². The van der Waals surface area contributed by atoms with Crippen LogP contribution in [0.15, 0.2) is 53.3 Å². The Bertz CT molecular complexity index is 1310. The Morgan fingerprint density at radius 1 is 1.03 bits per heavy atom. The molecule has 35 heavy (non-hydrogen) atoms. The number of nitrogens with one attached hydrogen (secondary N) is 2. The Morgan fingerprint density at radius 2 is 1.74 bits per heavy atom. The Hall–Kier alpha value is -4.01. The third kappa shape index (κ3) is 5.74. The molecule has 0 spiro atoms. The summed E-state index contributed by atoms with van der Waals surface area (Å²) in [5, 5.41) is 5.71. The first kappa shape index (κ1) is 24.1. The van der Waals surface area contributed by atoms with Gasteiger partial charge in [0.05, 0.1) is 29.4 Å². The van der Waals surface area contributed by atoms with E-state index in [0.717, 1.165) is 25.7 Å². The summed E-state index contributed by atoms with van der Waals surface area (Å²) in [4.78, 5) is 55.0. The van der Waals surface area contributed by atoms with Crippen molar-refractivity contribution in [3.8, 4) is 0 Å². The molecule has 2 aromatic carbocycles. The highest BCUT2D eigenvalue weighted by atomic mass is 16.5. The van der Waals surface area contributed by atoms with E-state index < -0.39 is 17.4 Å². The molecular formula is C26H28N4O5. The highest BCUT2D eigenvalue weighted by Crippen LogP contribution is 2.18. The Labute approximate surface area is 202 Å². The summed E-state index contributed by atoms with van der Waals surface area (Å²) in [5.74, 6) is -1.16. The number of carbonyl (C=O) groups excluding carboxylic acids is 3. The predicted molar refractivity (Wildman–Crippen MR) is 131 cm³/mol. The minimum absolute atomic E-state index is 0.102. The van der Waals surface area contributed by atoms with Crippen molar-refractivity contribution in [1.29, 1.82) is 0 Å². The first-order valence-corrected chi connectivity index (χ1v) is 11.7. The lowest BCUT2D eigenvalue weighted by atomic mass is 10.1. The maximum Gasteiger partial charge on any atom is 0.339 e. The van der Waals surface area contributed by atoms with Gasteiger partial charge in [0.25, 0.3) is 5.56 Å². The summed E-state index contributed by atoms with van der Waals surface area (Å²) in [6.07, 6.45) is 4.54. The molecule has 1 aromatic heterocycles. The van der Waals surface area contributed by atoms with Crippen molar-refractivity contribution >= 4 is 34.5 Å². The highest BCUT2D eigenvalue weighted by molar-refractivity contribution is 6.01. The SMILES string of the molecule is COC(=O)c1ccccc1NC(=O)Cn1c(=O)c(CCC(=O)NC2CCCC2)nc2ccccc21. The zero-order chi connectivity index (χ0) is 24.8. The van der Waals surface area contributed by atoms with Gasteiger partial charge in [-0.1, -0.05) is 37.1 Å². The molecule has 9 nitrogen and oxygen atoms in total. The fourth-order valence-corrected chi connectivity index (χ4v) is 4.38. The topological polar surface area (TPSA) is 119 Å². The molecule has 1 aliphatic carbocycles. The van der Waals surface area contributed by atoms with Gasteiger partial charge < -0.3 is 15.4 Å². The molecule has 1 heterocycles. The number of aryl methyl sites for hydroxylation is 1. The number of fused-ring (bicyclic) bond motifs is 1. The van der Waals surface area contributed by atoms with Crippen molar-refractivity contribution in [1.82, 2.24) is 14.9 Å². The van der Waals surface area contributed by atoms with Crippen LogP contribution >= 0.6 is 0 Å². The number of para-hydroxylation sites is 3. The summed E-state index contributed by atoms with van der Waals surface area (Å²) in [5.41, 5.74) is 1.37. The molecule has 0 unspecified atom stereocenters. The molecule has 3 aromatic rings. The normalized spacial score (nSPS) is 13.5. The fraction of sp³-hybridized carbons (Fsp3) is 0.346. The molecule has 1 aliphatic rings. The molecular weight excluding hydrogens is 448 g/mol. The van der Waals surface area contributed by atoms with Crippen LogP contribution in [-0.4, -0.2) is 40.5 Å². The first-order valence-electron chi connectivity index (χ1n) is 11.7. The molecule has 9 heteroatoms. The minimum atomic E-state index is -0.578. The molecule has 0 radical (unpaired) electrons. The summed E-state index contributed by atoms with van der Waals surface area (Å²) >= 11 is 0. The number of amides is 2. The molecule has 0 aliphatic heterocycles. The summed E-state index contributed by atoms with van der Waals surface area (Å²) in [6.45, 7) is -0.279. The molecule has 0 bridgehead atoms. The number of anilines is 1. The van der Waals surface area contributed by atoms with Crippen LogP contribution in [0.4, 0.5) is 5.69 Å². The molecule has 0 atom stereocenters. The third-order valence-electron chi connectivity index (χ3n) is 6.14. The van der Waals surface area contributed by atoms with Crippen molar-refractivity contribution in [2.75, 3.05) is 12.4 Å². The second-order valence-electron chi connectivity index (χ2n) is 8.57. The summed E-state index contributed by atoms with van der Waals surface area (Å²) < 4.78 is 6.12. The van der Waals surface area contributed by atoms with Gasteiger partial charge in [0.2, 0.25) is 11.8 Å². The number of benzene rings is 2. The number of nitrogens with zero attached hydrogens (tertiary/aromatic N) is 2. The van der Waals surface area contributed by atoms with Gasteiger partial charge in [-0.2, -0.15) is 0 Å². The van der Waals surface area contributed by atoms with Crippen LogP contribution in [0.25, 0.3) is 11.0 Å². The lowest BCUT2D eigenvalue weighted by Crippen LogP contribution is -2.34. The van der Waals surface area contributed by atoms with Gasteiger partial charge in [-0.25, -0.2) is 9.78 Å². The lowest BCUT2D eigenvalue weighted by molar-refractivity contribution is -0.121. The predicted octanol–water partition coefficient (Wildman–Crippen LogP) is 2.81. The van der Waals surface area contributed by atoms with Gasteiger partial charge in [0.15, 0.2) is 0 Å². The second-order valence-corrected chi connectivity index (χ2v) is 8.57. The number of ether oxygens (including phenoxy) is 1. The summed E-state index contributed by atoms with van der Waals surface area (Å²) in [7, 11) is 1.26. The van der Waals surface area contributed by atoms with E-state index in [1.54, 1.807) is 48.5 Å². The van der Waals surface area contributed by atoms with Crippen molar-refractivity contribution in [2.45, 2.75) is 51.1 Å². The standard InChI is InChI=1S/C26H28N4O5/c1-35-26(34)18-10-4-5-11-19(18)29-24(32)16-30-22-13-7-6-12-20(22)28-21(25(30)33)14-15-23(31)27-17-8-2-3-9-17/h4-7,10-13,17H,2-3,8-9,14-16H2,1H3,(H,27,31)(H,29,32). The molecule has 182 valence electrons.